The number of aliphatic hydroxyl groups is 2. The normalized spacial score (nSPS) is 26.3. The van der Waals surface area contributed by atoms with Gasteiger partial charge in [0.05, 0.1) is 12.2 Å². The highest BCUT2D eigenvalue weighted by Crippen LogP contribution is 2.21. The van der Waals surface area contributed by atoms with Gasteiger partial charge in [0.2, 0.25) is 0 Å². The molecule has 1 aliphatic heterocycles. The van der Waals surface area contributed by atoms with E-state index in [0.29, 0.717) is 12.0 Å². The van der Waals surface area contributed by atoms with Gasteiger partial charge in [-0.15, -0.1) is 0 Å². The Kier molecular flexibility index (Phi) is 6.58. The van der Waals surface area contributed by atoms with E-state index in [0.717, 1.165) is 0 Å². The summed E-state index contributed by atoms with van der Waals surface area (Å²) < 4.78 is 10.4. The van der Waals surface area contributed by atoms with Crippen molar-refractivity contribution >= 4 is 11.9 Å². The van der Waals surface area contributed by atoms with Crippen molar-refractivity contribution in [3.63, 3.8) is 0 Å². The second kappa shape index (κ2) is 7.95. The average Bonchev–Trinajstić information content (AvgIpc) is 2.45. The molecule has 118 valence electrons. The van der Waals surface area contributed by atoms with E-state index in [4.69, 9.17) is 9.47 Å². The van der Waals surface area contributed by atoms with E-state index >= 15 is 0 Å². The first kappa shape index (κ1) is 17.4. The van der Waals surface area contributed by atoms with Crippen LogP contribution in [0.4, 0.5) is 0 Å². The third kappa shape index (κ3) is 5.32. The topological polar surface area (TPSA) is 93.1 Å². The maximum Gasteiger partial charge on any atom is 0.333 e. The molecule has 0 saturated carbocycles. The lowest BCUT2D eigenvalue weighted by Gasteiger charge is -2.29. The summed E-state index contributed by atoms with van der Waals surface area (Å²) in [4.78, 5) is 23.1. The minimum absolute atomic E-state index is 0.177. The number of carbonyl (C=O) groups excluding carboxylic acids is 2. The number of rotatable bonds is 5. The van der Waals surface area contributed by atoms with Gasteiger partial charge in [-0.25, -0.2) is 4.79 Å². The molecule has 1 saturated heterocycles. The van der Waals surface area contributed by atoms with E-state index in [-0.39, 0.29) is 12.4 Å². The first-order valence-corrected chi connectivity index (χ1v) is 6.93. The molecular formula is C15H22O6. The Labute approximate surface area is 124 Å². The molecule has 6 heteroatoms. The van der Waals surface area contributed by atoms with Crippen LogP contribution in [-0.2, 0) is 19.1 Å². The Morgan fingerprint density at radius 1 is 1.48 bits per heavy atom. The summed E-state index contributed by atoms with van der Waals surface area (Å²) in [6.45, 7) is 4.81. The van der Waals surface area contributed by atoms with E-state index in [2.05, 4.69) is 0 Å². The minimum Gasteiger partial charge on any atom is -0.455 e. The quantitative estimate of drug-likeness (QED) is 0.444. The smallest absolute Gasteiger partial charge is 0.333 e. The van der Waals surface area contributed by atoms with Crippen molar-refractivity contribution in [2.24, 2.45) is 0 Å². The van der Waals surface area contributed by atoms with E-state index in [1.54, 1.807) is 19.9 Å². The first-order chi connectivity index (χ1) is 9.85. The first-order valence-electron chi connectivity index (χ1n) is 6.93. The monoisotopic (exact) mass is 298 g/mol. The number of carbonyl (C=O) groups is 2. The van der Waals surface area contributed by atoms with Gasteiger partial charge in [0.1, 0.15) is 6.10 Å². The highest BCUT2D eigenvalue weighted by molar-refractivity contribution is 5.87. The number of hydrogen-bond acceptors (Lipinski definition) is 6. The standard InChI is InChI=1S/C15H22O6/c1-4-9(2)15(19)21-13-7-8-14(18)20-12(13)6-5-11(17)10(3)16/h4-6,10-13,16-17H,7-8H2,1-3H3/b6-5+,9-4+/t10-,11+,12-,13-/m1/s1. The molecule has 0 spiro atoms. The molecule has 0 aromatic heterocycles. The molecule has 21 heavy (non-hydrogen) atoms. The van der Waals surface area contributed by atoms with Crippen LogP contribution < -0.4 is 0 Å². The van der Waals surface area contributed by atoms with Gasteiger partial charge >= 0.3 is 11.9 Å². The summed E-state index contributed by atoms with van der Waals surface area (Å²) in [5, 5.41) is 18.7. The van der Waals surface area contributed by atoms with Gasteiger partial charge in [-0.1, -0.05) is 12.2 Å². The van der Waals surface area contributed by atoms with Crippen LogP contribution in [0.3, 0.4) is 0 Å². The van der Waals surface area contributed by atoms with E-state index in [1.807, 2.05) is 0 Å². The number of esters is 2. The van der Waals surface area contributed by atoms with Crippen LogP contribution in [0.2, 0.25) is 0 Å². The second-order valence-electron chi connectivity index (χ2n) is 5.02. The Bertz CT molecular complexity index is 437. The Morgan fingerprint density at radius 2 is 2.14 bits per heavy atom. The van der Waals surface area contributed by atoms with Crippen molar-refractivity contribution in [3.8, 4) is 0 Å². The van der Waals surface area contributed by atoms with Crippen molar-refractivity contribution in [2.75, 3.05) is 0 Å². The Morgan fingerprint density at radius 3 is 2.71 bits per heavy atom. The molecular weight excluding hydrogens is 276 g/mol. The summed E-state index contributed by atoms with van der Waals surface area (Å²) in [7, 11) is 0. The lowest BCUT2D eigenvalue weighted by atomic mass is 10.0. The molecule has 0 radical (unpaired) electrons. The van der Waals surface area contributed by atoms with Crippen molar-refractivity contribution in [1.82, 2.24) is 0 Å². The highest BCUT2D eigenvalue weighted by atomic mass is 16.6. The zero-order valence-corrected chi connectivity index (χ0v) is 12.5. The Hall–Kier alpha value is -1.66. The molecule has 0 unspecified atom stereocenters. The van der Waals surface area contributed by atoms with Crippen LogP contribution in [0.1, 0.15) is 33.6 Å². The highest BCUT2D eigenvalue weighted by Gasteiger charge is 2.32. The van der Waals surface area contributed by atoms with Crippen molar-refractivity contribution in [3.05, 3.63) is 23.8 Å². The van der Waals surface area contributed by atoms with Crippen molar-refractivity contribution < 1.29 is 29.3 Å². The molecule has 0 bridgehead atoms. The van der Waals surface area contributed by atoms with Crippen LogP contribution in [-0.4, -0.2) is 46.6 Å². The predicted molar refractivity (Wildman–Crippen MR) is 75.3 cm³/mol. The lowest BCUT2D eigenvalue weighted by Crippen LogP contribution is -2.39. The number of cyclic esters (lactones) is 1. The number of hydrogen-bond donors (Lipinski definition) is 2. The molecule has 2 N–H and O–H groups in total. The van der Waals surface area contributed by atoms with Gasteiger partial charge in [-0.2, -0.15) is 0 Å². The fourth-order valence-corrected chi connectivity index (χ4v) is 1.73. The van der Waals surface area contributed by atoms with Crippen LogP contribution >= 0.6 is 0 Å². The zero-order valence-electron chi connectivity index (χ0n) is 12.5. The van der Waals surface area contributed by atoms with Crippen LogP contribution in [0.25, 0.3) is 0 Å². The van der Waals surface area contributed by atoms with Gasteiger partial charge in [0, 0.05) is 12.0 Å². The average molecular weight is 298 g/mol. The predicted octanol–water partition coefficient (Wildman–Crippen LogP) is 0.868. The molecule has 0 aromatic carbocycles. The van der Waals surface area contributed by atoms with Gasteiger partial charge in [0.25, 0.3) is 0 Å². The SMILES string of the molecule is C/C=C(\C)C(=O)O[C@@H]1CCC(=O)O[C@@H]1/C=C/[C@H](O)[C@@H](C)O. The van der Waals surface area contributed by atoms with Crippen LogP contribution in [0.5, 0.6) is 0 Å². The van der Waals surface area contributed by atoms with E-state index in [9.17, 15) is 19.8 Å². The summed E-state index contributed by atoms with van der Waals surface area (Å²) >= 11 is 0. The summed E-state index contributed by atoms with van der Waals surface area (Å²) in [6.07, 6.45) is 1.59. The molecule has 0 amide bonds. The zero-order chi connectivity index (χ0) is 16.0. The molecule has 1 rings (SSSR count). The summed E-state index contributed by atoms with van der Waals surface area (Å²) in [5.41, 5.74) is 0.471. The molecule has 6 nitrogen and oxygen atoms in total. The van der Waals surface area contributed by atoms with Gasteiger partial charge in [0.15, 0.2) is 6.10 Å². The summed E-state index contributed by atoms with van der Waals surface area (Å²) in [5.74, 6) is -0.846. The lowest BCUT2D eigenvalue weighted by molar-refractivity contribution is -0.170. The number of ether oxygens (including phenoxy) is 2. The number of aliphatic hydroxyl groups excluding tert-OH is 2. The molecule has 1 heterocycles. The molecule has 4 atom stereocenters. The largest absolute Gasteiger partial charge is 0.455 e. The van der Waals surface area contributed by atoms with Gasteiger partial charge < -0.3 is 19.7 Å². The van der Waals surface area contributed by atoms with Crippen molar-refractivity contribution in [1.29, 1.82) is 0 Å². The molecule has 0 aliphatic carbocycles. The third-order valence-electron chi connectivity index (χ3n) is 3.27. The van der Waals surface area contributed by atoms with E-state index < -0.39 is 30.4 Å². The second-order valence-corrected chi connectivity index (χ2v) is 5.02. The van der Waals surface area contributed by atoms with Crippen LogP contribution in [0, 0.1) is 0 Å². The van der Waals surface area contributed by atoms with E-state index in [1.165, 1.54) is 19.1 Å². The maximum absolute atomic E-state index is 11.8. The number of allylic oxidation sites excluding steroid dienone is 1. The fraction of sp³-hybridized carbons (Fsp3) is 0.600. The Balaban J connectivity index is 2.75. The fourth-order valence-electron chi connectivity index (χ4n) is 1.73. The van der Waals surface area contributed by atoms with Crippen LogP contribution in [0.15, 0.2) is 23.8 Å². The van der Waals surface area contributed by atoms with Gasteiger partial charge in [-0.05, 0) is 33.3 Å². The van der Waals surface area contributed by atoms with Gasteiger partial charge in [-0.3, -0.25) is 4.79 Å². The van der Waals surface area contributed by atoms with Crippen molar-refractivity contribution in [2.45, 2.75) is 58.0 Å². The summed E-state index contributed by atoms with van der Waals surface area (Å²) in [6, 6.07) is 0. The maximum atomic E-state index is 11.8. The minimum atomic E-state index is -1.07. The third-order valence-corrected chi connectivity index (χ3v) is 3.27. The molecule has 1 fully saturated rings. The molecule has 0 aromatic rings. The molecule has 1 aliphatic rings.